The Balaban J connectivity index is 1.61. The predicted octanol–water partition coefficient (Wildman–Crippen LogP) is 5.18. The number of benzene rings is 1. The molecule has 1 aromatic carbocycles. The zero-order valence-corrected chi connectivity index (χ0v) is 19.9. The van der Waals surface area contributed by atoms with Crippen LogP contribution < -0.4 is 9.64 Å². The zero-order chi connectivity index (χ0) is 23.1. The molecule has 0 radical (unpaired) electrons. The number of aryl methyl sites for hydroxylation is 1. The van der Waals surface area contributed by atoms with Gasteiger partial charge in [0.25, 0.3) is 0 Å². The smallest absolute Gasteiger partial charge is 0.317 e. The van der Waals surface area contributed by atoms with E-state index in [4.69, 9.17) is 4.74 Å². The van der Waals surface area contributed by atoms with Gasteiger partial charge in [-0.25, -0.2) is 9.97 Å². The van der Waals surface area contributed by atoms with Crippen molar-refractivity contribution in [1.29, 1.82) is 0 Å². The van der Waals surface area contributed by atoms with Crippen LogP contribution in [0, 0.1) is 24.7 Å². The topological polar surface area (TPSA) is 67.7 Å². The van der Waals surface area contributed by atoms with Crippen molar-refractivity contribution in [2.24, 2.45) is 22.7 Å². The molecule has 4 atom stereocenters. The lowest BCUT2D eigenvalue weighted by atomic mass is 9.80. The van der Waals surface area contributed by atoms with Crippen molar-refractivity contribution in [2.75, 3.05) is 11.4 Å². The first kappa shape index (κ1) is 21.8. The average Bonchev–Trinajstić information content (AvgIpc) is 3.65. The molecule has 2 aliphatic heterocycles. The maximum Gasteiger partial charge on any atom is 0.317 e. The number of rotatable bonds is 5. The third-order valence-electron chi connectivity index (χ3n) is 7.20. The normalized spacial score (nSPS) is 26.5. The maximum atomic E-state index is 12.9. The fourth-order valence-electron chi connectivity index (χ4n) is 5.32. The van der Waals surface area contributed by atoms with Crippen molar-refractivity contribution in [1.82, 2.24) is 9.97 Å². The predicted molar refractivity (Wildman–Crippen MR) is 131 cm³/mol. The molecule has 0 spiro atoms. The quantitative estimate of drug-likeness (QED) is 0.637. The van der Waals surface area contributed by atoms with Crippen LogP contribution in [0.2, 0.25) is 0 Å². The number of dihydropyridines is 1. The Labute approximate surface area is 195 Å². The van der Waals surface area contributed by atoms with Crippen LogP contribution in [-0.2, 0) is 4.79 Å². The molecule has 172 valence electrons. The molecule has 5 rings (SSSR count). The van der Waals surface area contributed by atoms with E-state index in [9.17, 15) is 4.79 Å². The van der Waals surface area contributed by atoms with Gasteiger partial charge in [-0.3, -0.25) is 9.79 Å². The first-order valence-corrected chi connectivity index (χ1v) is 12.1. The van der Waals surface area contributed by atoms with E-state index < -0.39 is 0 Å². The van der Waals surface area contributed by atoms with E-state index in [1.807, 2.05) is 24.1 Å². The first-order chi connectivity index (χ1) is 16.0. The number of fused-ring (bicyclic) bond motifs is 1. The second-order valence-corrected chi connectivity index (χ2v) is 9.65. The van der Waals surface area contributed by atoms with Crippen molar-refractivity contribution in [3.63, 3.8) is 0 Å². The van der Waals surface area contributed by atoms with Crippen molar-refractivity contribution in [3.8, 4) is 6.01 Å². The summed E-state index contributed by atoms with van der Waals surface area (Å²) in [6.45, 7) is 8.85. The van der Waals surface area contributed by atoms with Crippen LogP contribution in [0.25, 0.3) is 5.57 Å². The molecule has 2 aromatic rings. The lowest BCUT2D eigenvalue weighted by Gasteiger charge is -2.45. The van der Waals surface area contributed by atoms with E-state index in [0.29, 0.717) is 17.8 Å². The number of carbonyl (C=O) groups excluding carboxylic acids is 1. The number of nitrogens with zero attached hydrogens (tertiary/aromatic N) is 4. The van der Waals surface area contributed by atoms with Crippen LogP contribution in [0.4, 0.5) is 5.69 Å². The molecule has 0 N–H and O–H groups in total. The van der Waals surface area contributed by atoms with Crippen LogP contribution >= 0.6 is 0 Å². The van der Waals surface area contributed by atoms with Crippen molar-refractivity contribution in [3.05, 3.63) is 53.4 Å². The van der Waals surface area contributed by atoms with Crippen molar-refractivity contribution < 1.29 is 9.53 Å². The van der Waals surface area contributed by atoms with Gasteiger partial charge in [0.15, 0.2) is 0 Å². The van der Waals surface area contributed by atoms with E-state index in [1.165, 1.54) is 0 Å². The fourth-order valence-corrected chi connectivity index (χ4v) is 5.32. The summed E-state index contributed by atoms with van der Waals surface area (Å²) in [5, 5.41) is 0. The van der Waals surface area contributed by atoms with Gasteiger partial charge in [-0.2, -0.15) is 0 Å². The zero-order valence-electron chi connectivity index (χ0n) is 19.9. The molecule has 1 amide bonds. The van der Waals surface area contributed by atoms with Crippen molar-refractivity contribution in [2.45, 2.75) is 59.1 Å². The molecule has 33 heavy (non-hydrogen) atoms. The molecule has 1 saturated carbocycles. The molecule has 3 heterocycles. The molecule has 6 heteroatoms. The molecule has 1 aliphatic carbocycles. The third kappa shape index (κ3) is 4.19. The Morgan fingerprint density at radius 3 is 2.76 bits per heavy atom. The summed E-state index contributed by atoms with van der Waals surface area (Å²) in [4.78, 5) is 28.3. The minimum absolute atomic E-state index is 0.0856. The number of amides is 1. The molecule has 1 fully saturated rings. The number of allylic oxidation sites excluding steroid dienone is 1. The van der Waals surface area contributed by atoms with Crippen LogP contribution in [-0.4, -0.2) is 34.7 Å². The van der Waals surface area contributed by atoms with Gasteiger partial charge in [-0.15, -0.1) is 0 Å². The summed E-state index contributed by atoms with van der Waals surface area (Å²) in [6.07, 6.45) is 9.16. The monoisotopic (exact) mass is 444 g/mol. The second kappa shape index (κ2) is 8.73. The molecular weight excluding hydrogens is 412 g/mol. The van der Waals surface area contributed by atoms with E-state index in [0.717, 1.165) is 53.9 Å². The second-order valence-electron chi connectivity index (χ2n) is 9.65. The van der Waals surface area contributed by atoms with Crippen LogP contribution in [0.3, 0.4) is 0 Å². The Bertz CT molecular complexity index is 1120. The van der Waals surface area contributed by atoms with E-state index in [2.05, 4.69) is 53.1 Å². The largest absolute Gasteiger partial charge is 0.455 e. The van der Waals surface area contributed by atoms with Gasteiger partial charge in [-0.1, -0.05) is 26.0 Å². The highest BCUT2D eigenvalue weighted by atomic mass is 16.5. The Kier molecular flexibility index (Phi) is 5.77. The van der Waals surface area contributed by atoms with Gasteiger partial charge in [0.05, 0.1) is 5.69 Å². The minimum Gasteiger partial charge on any atom is -0.455 e. The van der Waals surface area contributed by atoms with Gasteiger partial charge >= 0.3 is 6.01 Å². The molecule has 6 nitrogen and oxygen atoms in total. The highest BCUT2D eigenvalue weighted by molar-refractivity contribution is 6.10. The van der Waals surface area contributed by atoms with Crippen LogP contribution in [0.1, 0.15) is 63.0 Å². The first-order valence-electron chi connectivity index (χ1n) is 12.1. The Morgan fingerprint density at radius 2 is 2.06 bits per heavy atom. The van der Waals surface area contributed by atoms with E-state index in [1.54, 1.807) is 13.1 Å². The molecular formula is C27H32N4O2. The lowest BCUT2D eigenvalue weighted by molar-refractivity contribution is -0.117. The van der Waals surface area contributed by atoms with Crippen LogP contribution in [0.15, 0.2) is 41.5 Å². The van der Waals surface area contributed by atoms with Gasteiger partial charge in [0.2, 0.25) is 5.91 Å². The fraction of sp³-hybridized carbons (Fsp3) is 0.481. The van der Waals surface area contributed by atoms with Gasteiger partial charge < -0.3 is 9.64 Å². The highest BCUT2D eigenvalue weighted by Gasteiger charge is 2.48. The minimum atomic E-state index is -0.231. The van der Waals surface area contributed by atoms with Gasteiger partial charge in [-0.05, 0) is 67.4 Å². The standard InChI is InChI=1S/C27H32N4O2/c1-5-19-12-22(15-28-14-19)21-8-9-24-23(13-21)26(33-27-29-11-10-16(2)30-27)17(3)25(20-6-7-20)31(24)18(4)32/h8-13,15,17,19-20,25-26H,5-7,14H2,1-4H3. The Morgan fingerprint density at radius 1 is 1.24 bits per heavy atom. The van der Waals surface area contributed by atoms with Gasteiger partial charge in [0.1, 0.15) is 6.10 Å². The number of hydrogen-bond donors (Lipinski definition) is 0. The number of aliphatic imine (C=N–C) groups is 1. The number of hydrogen-bond acceptors (Lipinski definition) is 5. The number of carbonyl (C=O) groups is 1. The molecule has 0 bridgehead atoms. The molecule has 4 unspecified atom stereocenters. The van der Waals surface area contributed by atoms with Gasteiger partial charge in [0, 0.05) is 49.1 Å². The van der Waals surface area contributed by atoms with E-state index in [-0.39, 0.29) is 24.0 Å². The number of ether oxygens (including phenoxy) is 1. The summed E-state index contributed by atoms with van der Waals surface area (Å²) in [5.41, 5.74) is 5.07. The summed E-state index contributed by atoms with van der Waals surface area (Å²) in [5.74, 6) is 1.17. The lowest BCUT2D eigenvalue weighted by Crippen LogP contribution is -2.51. The summed E-state index contributed by atoms with van der Waals surface area (Å²) >= 11 is 0. The van der Waals surface area contributed by atoms with Crippen molar-refractivity contribution >= 4 is 23.4 Å². The Hall–Kier alpha value is -3.02. The maximum absolute atomic E-state index is 12.9. The molecule has 1 aromatic heterocycles. The van der Waals surface area contributed by atoms with E-state index >= 15 is 0 Å². The highest BCUT2D eigenvalue weighted by Crippen LogP contribution is 2.50. The number of anilines is 1. The summed E-state index contributed by atoms with van der Waals surface area (Å²) < 4.78 is 6.48. The number of aromatic nitrogens is 2. The SMILES string of the molecule is CCC1C=C(c2ccc3c(c2)C(Oc2nccc(C)n2)C(C)C(C2CC2)N3C(C)=O)C=NC1. The van der Waals surface area contributed by atoms with Crippen LogP contribution in [0.5, 0.6) is 6.01 Å². The summed E-state index contributed by atoms with van der Waals surface area (Å²) in [6, 6.07) is 8.76. The summed E-state index contributed by atoms with van der Waals surface area (Å²) in [7, 11) is 0. The molecule has 3 aliphatic rings. The molecule has 0 saturated heterocycles. The average molecular weight is 445 g/mol. The third-order valence-corrected chi connectivity index (χ3v) is 7.20.